The van der Waals surface area contributed by atoms with Gasteiger partial charge >= 0.3 is 0 Å². The Kier molecular flexibility index (Phi) is 4.68. The van der Waals surface area contributed by atoms with E-state index in [9.17, 15) is 4.79 Å². The maximum Gasteiger partial charge on any atom is 0.274 e. The summed E-state index contributed by atoms with van der Waals surface area (Å²) in [5.74, 6) is 0.924. The van der Waals surface area contributed by atoms with E-state index in [0.717, 1.165) is 54.9 Å². The van der Waals surface area contributed by atoms with Gasteiger partial charge in [-0.1, -0.05) is 18.2 Å². The highest BCUT2D eigenvalue weighted by molar-refractivity contribution is 5.94. The second-order valence-electron chi connectivity index (χ2n) is 7.23. The fourth-order valence-electron chi connectivity index (χ4n) is 4.14. The maximum atomic E-state index is 13.2. The Morgan fingerprint density at radius 1 is 1.23 bits per heavy atom. The average molecular weight is 354 g/mol. The van der Waals surface area contributed by atoms with E-state index in [1.165, 1.54) is 6.42 Å². The molecule has 1 fully saturated rings. The number of carbonyl (C=O) groups is 1. The van der Waals surface area contributed by atoms with Crippen LogP contribution in [-0.2, 0) is 12.8 Å². The first-order valence-electron chi connectivity index (χ1n) is 9.37. The number of H-pyrrole nitrogens is 1. The smallest absolute Gasteiger partial charge is 0.274 e. The highest BCUT2D eigenvalue weighted by Crippen LogP contribution is 2.32. The van der Waals surface area contributed by atoms with Crippen molar-refractivity contribution in [1.29, 1.82) is 0 Å². The van der Waals surface area contributed by atoms with Crippen molar-refractivity contribution in [3.05, 3.63) is 46.8 Å². The quantitative estimate of drug-likeness (QED) is 0.920. The van der Waals surface area contributed by atoms with Crippen molar-refractivity contribution >= 4 is 5.91 Å². The standard InChI is InChI=1S/C20H26N4O2/c1-23-11-12-24(13-17(23)15-8-4-6-10-18(15)26-2)20(25)19-14-7-3-5-9-16(14)21-22-19/h4,6,8,10,17H,3,5,7,9,11-13H2,1-2H3,(H,21,22). The summed E-state index contributed by atoms with van der Waals surface area (Å²) >= 11 is 0. The lowest BCUT2D eigenvalue weighted by molar-refractivity contribution is 0.0535. The van der Waals surface area contributed by atoms with Crippen LogP contribution in [0.1, 0.15) is 46.2 Å². The van der Waals surface area contributed by atoms with Crippen LogP contribution in [0.4, 0.5) is 0 Å². The van der Waals surface area contributed by atoms with E-state index >= 15 is 0 Å². The third kappa shape index (κ3) is 2.98. The van der Waals surface area contributed by atoms with E-state index in [-0.39, 0.29) is 11.9 Å². The molecule has 0 radical (unpaired) electrons. The summed E-state index contributed by atoms with van der Waals surface area (Å²) in [6, 6.07) is 8.19. The Hall–Kier alpha value is -2.34. The molecule has 2 heterocycles. The molecule has 0 spiro atoms. The van der Waals surface area contributed by atoms with Crippen LogP contribution in [0.5, 0.6) is 5.75 Å². The van der Waals surface area contributed by atoms with Crippen LogP contribution in [-0.4, -0.2) is 59.7 Å². The minimum Gasteiger partial charge on any atom is -0.496 e. The molecule has 4 rings (SSSR count). The molecule has 6 nitrogen and oxygen atoms in total. The van der Waals surface area contributed by atoms with Crippen LogP contribution < -0.4 is 4.74 Å². The van der Waals surface area contributed by atoms with E-state index in [1.54, 1.807) is 7.11 Å². The van der Waals surface area contributed by atoms with Crippen molar-refractivity contribution in [2.75, 3.05) is 33.8 Å². The number of likely N-dealkylation sites (N-methyl/N-ethyl adjacent to an activating group) is 1. The molecule has 1 amide bonds. The molecule has 0 bridgehead atoms. The number of aromatic amines is 1. The van der Waals surface area contributed by atoms with Crippen LogP contribution in [0.2, 0.25) is 0 Å². The monoisotopic (exact) mass is 354 g/mol. The number of aryl methyl sites for hydroxylation is 1. The summed E-state index contributed by atoms with van der Waals surface area (Å²) in [5.41, 5.74) is 4.03. The zero-order valence-electron chi connectivity index (χ0n) is 15.5. The van der Waals surface area contributed by atoms with Crippen molar-refractivity contribution in [3.63, 3.8) is 0 Å². The number of benzene rings is 1. The number of nitrogens with zero attached hydrogens (tertiary/aromatic N) is 3. The molecule has 2 aliphatic rings. The van der Waals surface area contributed by atoms with E-state index in [1.807, 2.05) is 23.1 Å². The number of rotatable bonds is 3. The molecular formula is C20H26N4O2. The predicted octanol–water partition coefficient (Wildman–Crippen LogP) is 2.43. The van der Waals surface area contributed by atoms with Gasteiger partial charge in [-0.3, -0.25) is 14.8 Å². The third-order valence-electron chi connectivity index (χ3n) is 5.69. The van der Waals surface area contributed by atoms with Crippen molar-refractivity contribution in [3.8, 4) is 5.75 Å². The Balaban J connectivity index is 1.58. The van der Waals surface area contributed by atoms with Crippen molar-refractivity contribution in [2.24, 2.45) is 0 Å². The Labute approximate surface area is 154 Å². The predicted molar refractivity (Wildman–Crippen MR) is 99.5 cm³/mol. The molecule has 1 aliphatic heterocycles. The summed E-state index contributed by atoms with van der Waals surface area (Å²) in [6.45, 7) is 2.21. The van der Waals surface area contributed by atoms with Gasteiger partial charge in [0, 0.05) is 36.5 Å². The number of amides is 1. The number of nitrogens with one attached hydrogen (secondary N) is 1. The topological polar surface area (TPSA) is 61.5 Å². The Morgan fingerprint density at radius 2 is 2.04 bits per heavy atom. The molecule has 1 unspecified atom stereocenters. The zero-order chi connectivity index (χ0) is 18.1. The first kappa shape index (κ1) is 17.1. The molecule has 138 valence electrons. The molecule has 0 saturated carbocycles. The highest BCUT2D eigenvalue weighted by atomic mass is 16.5. The number of aromatic nitrogens is 2. The van der Waals surface area contributed by atoms with Crippen molar-refractivity contribution in [1.82, 2.24) is 20.0 Å². The van der Waals surface area contributed by atoms with Crippen molar-refractivity contribution < 1.29 is 9.53 Å². The number of fused-ring (bicyclic) bond motifs is 1. The molecule has 1 N–H and O–H groups in total. The number of ether oxygens (including phenoxy) is 1. The van der Waals surface area contributed by atoms with Gasteiger partial charge in [0.25, 0.3) is 5.91 Å². The van der Waals surface area contributed by atoms with Gasteiger partial charge < -0.3 is 9.64 Å². The minimum atomic E-state index is 0.0531. The number of carbonyl (C=O) groups excluding carboxylic acids is 1. The van der Waals surface area contributed by atoms with Gasteiger partial charge in [0.15, 0.2) is 5.69 Å². The summed E-state index contributed by atoms with van der Waals surface area (Å²) in [5, 5.41) is 7.46. The third-order valence-corrected chi connectivity index (χ3v) is 5.69. The van der Waals surface area contributed by atoms with Gasteiger partial charge in [0.2, 0.25) is 0 Å². The number of para-hydroxylation sites is 1. The largest absolute Gasteiger partial charge is 0.496 e. The van der Waals surface area contributed by atoms with Gasteiger partial charge in [-0.2, -0.15) is 5.10 Å². The second-order valence-corrected chi connectivity index (χ2v) is 7.23. The fourth-order valence-corrected chi connectivity index (χ4v) is 4.14. The molecule has 6 heteroatoms. The van der Waals surface area contributed by atoms with E-state index in [2.05, 4.69) is 28.2 Å². The van der Waals surface area contributed by atoms with Crippen LogP contribution in [0.15, 0.2) is 24.3 Å². The SMILES string of the molecule is COc1ccccc1C1CN(C(=O)c2n[nH]c3c2CCCC3)CCN1C. The minimum absolute atomic E-state index is 0.0531. The highest BCUT2D eigenvalue weighted by Gasteiger charge is 2.33. The van der Waals surface area contributed by atoms with Crippen LogP contribution in [0.25, 0.3) is 0 Å². The van der Waals surface area contributed by atoms with Crippen LogP contribution >= 0.6 is 0 Å². The summed E-state index contributed by atoms with van der Waals surface area (Å²) < 4.78 is 5.54. The van der Waals surface area contributed by atoms with Crippen molar-refractivity contribution in [2.45, 2.75) is 31.7 Å². The molecule has 1 aromatic heterocycles. The normalized spacial score (nSPS) is 20.7. The lowest BCUT2D eigenvalue weighted by atomic mass is 9.95. The fraction of sp³-hybridized carbons (Fsp3) is 0.500. The molecule has 1 saturated heterocycles. The molecule has 2 aromatic rings. The lowest BCUT2D eigenvalue weighted by Gasteiger charge is -2.40. The van der Waals surface area contributed by atoms with E-state index < -0.39 is 0 Å². The molecular weight excluding hydrogens is 328 g/mol. The van der Waals surface area contributed by atoms with E-state index in [0.29, 0.717) is 12.2 Å². The Morgan fingerprint density at radius 3 is 2.88 bits per heavy atom. The molecule has 1 atom stereocenters. The van der Waals surface area contributed by atoms with E-state index in [4.69, 9.17) is 4.74 Å². The molecule has 1 aliphatic carbocycles. The second kappa shape index (κ2) is 7.11. The molecule has 1 aromatic carbocycles. The van der Waals surface area contributed by atoms with Gasteiger partial charge in [-0.25, -0.2) is 0 Å². The Bertz CT molecular complexity index is 801. The maximum absolute atomic E-state index is 13.2. The zero-order valence-corrected chi connectivity index (χ0v) is 15.5. The average Bonchev–Trinajstić information content (AvgIpc) is 3.12. The number of hydrogen-bond acceptors (Lipinski definition) is 4. The summed E-state index contributed by atoms with van der Waals surface area (Å²) in [7, 11) is 3.80. The number of methoxy groups -OCH3 is 1. The van der Waals surface area contributed by atoms with Crippen LogP contribution in [0.3, 0.4) is 0 Å². The van der Waals surface area contributed by atoms with Gasteiger partial charge in [0.05, 0.1) is 13.2 Å². The number of piperazine rings is 1. The first-order chi connectivity index (χ1) is 12.7. The van der Waals surface area contributed by atoms with Crippen LogP contribution in [0, 0.1) is 0 Å². The summed E-state index contributed by atoms with van der Waals surface area (Å²) in [6.07, 6.45) is 4.27. The van der Waals surface area contributed by atoms with Gasteiger partial charge in [-0.05, 0) is 38.8 Å². The molecule has 26 heavy (non-hydrogen) atoms. The lowest BCUT2D eigenvalue weighted by Crippen LogP contribution is -2.49. The number of hydrogen-bond donors (Lipinski definition) is 1. The first-order valence-corrected chi connectivity index (χ1v) is 9.37. The summed E-state index contributed by atoms with van der Waals surface area (Å²) in [4.78, 5) is 17.4. The van der Waals surface area contributed by atoms with Gasteiger partial charge in [-0.15, -0.1) is 0 Å². The van der Waals surface area contributed by atoms with Gasteiger partial charge in [0.1, 0.15) is 5.75 Å².